The monoisotopic (exact) mass is 226 g/mol. The molecule has 1 aromatic rings. The Bertz CT molecular complexity index is 341. The molecule has 90 valence electrons. The van der Waals surface area contributed by atoms with Crippen molar-refractivity contribution in [2.75, 3.05) is 21.3 Å². The Balaban J connectivity index is 3.37. The van der Waals surface area contributed by atoms with Crippen LogP contribution in [-0.4, -0.2) is 26.4 Å². The van der Waals surface area contributed by atoms with Crippen molar-refractivity contribution in [1.29, 1.82) is 0 Å². The highest BCUT2D eigenvalue weighted by molar-refractivity contribution is 5.54. The van der Waals surface area contributed by atoms with Gasteiger partial charge in [0.05, 0.1) is 26.9 Å². The second-order valence-corrected chi connectivity index (χ2v) is 3.97. The topological polar surface area (TPSA) is 47.9 Å². The SMILES string of the molecule is COc1cc(C(C)(C)O)cc(OC)c1OC. The predicted octanol–water partition coefficient (Wildman–Crippen LogP) is 1.94. The second kappa shape index (κ2) is 4.61. The molecule has 0 heterocycles. The Labute approximate surface area is 95.8 Å². The molecule has 0 aliphatic rings. The van der Waals surface area contributed by atoms with Gasteiger partial charge in [-0.1, -0.05) is 0 Å². The number of hydrogen-bond acceptors (Lipinski definition) is 4. The molecule has 0 fully saturated rings. The Kier molecular flexibility index (Phi) is 3.65. The molecule has 0 spiro atoms. The fraction of sp³-hybridized carbons (Fsp3) is 0.500. The van der Waals surface area contributed by atoms with Gasteiger partial charge in [0.2, 0.25) is 5.75 Å². The molecule has 4 nitrogen and oxygen atoms in total. The summed E-state index contributed by atoms with van der Waals surface area (Å²) in [7, 11) is 4.64. The number of ether oxygens (including phenoxy) is 3. The molecule has 0 radical (unpaired) electrons. The molecule has 0 aromatic heterocycles. The summed E-state index contributed by atoms with van der Waals surface area (Å²) in [5.74, 6) is 1.61. The fourth-order valence-corrected chi connectivity index (χ4v) is 1.43. The molecule has 1 rings (SSSR count). The number of benzene rings is 1. The fourth-order valence-electron chi connectivity index (χ4n) is 1.43. The summed E-state index contributed by atoms with van der Waals surface area (Å²) in [6.45, 7) is 3.40. The van der Waals surface area contributed by atoms with E-state index in [4.69, 9.17) is 14.2 Å². The lowest BCUT2D eigenvalue weighted by molar-refractivity contribution is 0.0779. The Morgan fingerprint density at radius 3 is 1.62 bits per heavy atom. The molecule has 1 N–H and O–H groups in total. The van der Waals surface area contributed by atoms with E-state index in [0.717, 1.165) is 0 Å². The van der Waals surface area contributed by atoms with Crippen LogP contribution in [0.3, 0.4) is 0 Å². The lowest BCUT2D eigenvalue weighted by Gasteiger charge is -2.21. The Hall–Kier alpha value is -1.42. The van der Waals surface area contributed by atoms with E-state index in [0.29, 0.717) is 22.8 Å². The molecule has 0 unspecified atom stereocenters. The van der Waals surface area contributed by atoms with E-state index in [1.807, 2.05) is 0 Å². The lowest BCUT2D eigenvalue weighted by atomic mass is 9.97. The van der Waals surface area contributed by atoms with E-state index < -0.39 is 5.60 Å². The third-order valence-electron chi connectivity index (χ3n) is 2.37. The molecule has 0 atom stereocenters. The number of rotatable bonds is 4. The first kappa shape index (κ1) is 12.6. The van der Waals surface area contributed by atoms with E-state index in [1.165, 1.54) is 0 Å². The van der Waals surface area contributed by atoms with Crippen molar-refractivity contribution in [2.45, 2.75) is 19.4 Å². The summed E-state index contributed by atoms with van der Waals surface area (Å²) < 4.78 is 15.6. The van der Waals surface area contributed by atoms with Crippen LogP contribution >= 0.6 is 0 Å². The Morgan fingerprint density at radius 1 is 0.938 bits per heavy atom. The van der Waals surface area contributed by atoms with Crippen molar-refractivity contribution in [3.63, 3.8) is 0 Å². The highest BCUT2D eigenvalue weighted by Gasteiger charge is 2.21. The average Bonchev–Trinajstić information content (AvgIpc) is 2.25. The van der Waals surface area contributed by atoms with Crippen molar-refractivity contribution < 1.29 is 19.3 Å². The van der Waals surface area contributed by atoms with Gasteiger partial charge < -0.3 is 19.3 Å². The van der Waals surface area contributed by atoms with Gasteiger partial charge in [0.1, 0.15) is 0 Å². The van der Waals surface area contributed by atoms with Crippen LogP contribution in [0.2, 0.25) is 0 Å². The van der Waals surface area contributed by atoms with Gasteiger partial charge in [-0.3, -0.25) is 0 Å². The summed E-state index contributed by atoms with van der Waals surface area (Å²) in [6, 6.07) is 3.47. The highest BCUT2D eigenvalue weighted by atomic mass is 16.5. The van der Waals surface area contributed by atoms with Crippen molar-refractivity contribution in [3.05, 3.63) is 17.7 Å². The molecule has 0 aliphatic heterocycles. The predicted molar refractivity (Wildman–Crippen MR) is 61.3 cm³/mol. The third-order valence-corrected chi connectivity index (χ3v) is 2.37. The summed E-state index contributed by atoms with van der Waals surface area (Å²) in [4.78, 5) is 0. The first-order valence-electron chi connectivity index (χ1n) is 4.97. The summed E-state index contributed by atoms with van der Waals surface area (Å²) in [6.07, 6.45) is 0. The quantitative estimate of drug-likeness (QED) is 0.852. The summed E-state index contributed by atoms with van der Waals surface area (Å²) in [5, 5.41) is 9.94. The summed E-state index contributed by atoms with van der Waals surface area (Å²) in [5.41, 5.74) is -0.241. The normalized spacial score (nSPS) is 11.1. The minimum Gasteiger partial charge on any atom is -0.493 e. The van der Waals surface area contributed by atoms with E-state index in [-0.39, 0.29) is 0 Å². The molecule has 0 aliphatic carbocycles. The number of hydrogen-bond donors (Lipinski definition) is 1. The number of aliphatic hydroxyl groups is 1. The zero-order valence-electron chi connectivity index (χ0n) is 10.3. The average molecular weight is 226 g/mol. The maximum atomic E-state index is 9.94. The van der Waals surface area contributed by atoms with Crippen LogP contribution in [0.5, 0.6) is 17.2 Å². The second-order valence-electron chi connectivity index (χ2n) is 3.97. The van der Waals surface area contributed by atoms with Gasteiger partial charge in [-0.05, 0) is 31.5 Å². The van der Waals surface area contributed by atoms with Crippen molar-refractivity contribution >= 4 is 0 Å². The number of methoxy groups -OCH3 is 3. The van der Waals surface area contributed by atoms with Gasteiger partial charge in [-0.15, -0.1) is 0 Å². The van der Waals surface area contributed by atoms with Crippen LogP contribution in [-0.2, 0) is 5.60 Å². The molecule has 4 heteroatoms. The van der Waals surface area contributed by atoms with E-state index in [9.17, 15) is 5.11 Å². The lowest BCUT2D eigenvalue weighted by Crippen LogP contribution is -2.15. The van der Waals surface area contributed by atoms with Gasteiger partial charge in [0.25, 0.3) is 0 Å². The molecule has 16 heavy (non-hydrogen) atoms. The Morgan fingerprint density at radius 2 is 1.38 bits per heavy atom. The van der Waals surface area contributed by atoms with Gasteiger partial charge in [0.15, 0.2) is 11.5 Å². The molecule has 1 aromatic carbocycles. The van der Waals surface area contributed by atoms with Crippen LogP contribution in [0.4, 0.5) is 0 Å². The van der Waals surface area contributed by atoms with Crippen molar-refractivity contribution in [2.24, 2.45) is 0 Å². The smallest absolute Gasteiger partial charge is 0.203 e. The minimum absolute atomic E-state index is 0.526. The zero-order chi connectivity index (χ0) is 12.3. The van der Waals surface area contributed by atoms with E-state index in [2.05, 4.69) is 0 Å². The maximum Gasteiger partial charge on any atom is 0.203 e. The van der Waals surface area contributed by atoms with Gasteiger partial charge in [0, 0.05) is 0 Å². The standard InChI is InChI=1S/C12H18O4/c1-12(2,13)8-6-9(14-3)11(16-5)10(7-8)15-4/h6-7,13H,1-5H3. The molecule has 0 amide bonds. The van der Waals surface area contributed by atoms with Crippen LogP contribution in [0.15, 0.2) is 12.1 Å². The molecule has 0 saturated carbocycles. The van der Waals surface area contributed by atoms with Crippen LogP contribution in [0.25, 0.3) is 0 Å². The molecular formula is C12H18O4. The van der Waals surface area contributed by atoms with E-state index >= 15 is 0 Å². The van der Waals surface area contributed by atoms with Crippen LogP contribution < -0.4 is 14.2 Å². The van der Waals surface area contributed by atoms with Crippen LogP contribution in [0.1, 0.15) is 19.4 Å². The zero-order valence-corrected chi connectivity index (χ0v) is 10.3. The van der Waals surface area contributed by atoms with Crippen molar-refractivity contribution in [3.8, 4) is 17.2 Å². The molecule has 0 saturated heterocycles. The van der Waals surface area contributed by atoms with E-state index in [1.54, 1.807) is 47.3 Å². The first-order chi connectivity index (χ1) is 7.43. The van der Waals surface area contributed by atoms with Gasteiger partial charge in [-0.25, -0.2) is 0 Å². The minimum atomic E-state index is -0.952. The van der Waals surface area contributed by atoms with Gasteiger partial charge >= 0.3 is 0 Å². The van der Waals surface area contributed by atoms with Crippen molar-refractivity contribution in [1.82, 2.24) is 0 Å². The molecular weight excluding hydrogens is 208 g/mol. The molecule has 0 bridgehead atoms. The van der Waals surface area contributed by atoms with Crippen LogP contribution in [0, 0.1) is 0 Å². The largest absolute Gasteiger partial charge is 0.493 e. The first-order valence-corrected chi connectivity index (χ1v) is 4.97. The van der Waals surface area contributed by atoms with Gasteiger partial charge in [-0.2, -0.15) is 0 Å². The summed E-state index contributed by atoms with van der Waals surface area (Å²) >= 11 is 0. The maximum absolute atomic E-state index is 9.94. The third kappa shape index (κ3) is 2.39. The highest BCUT2D eigenvalue weighted by Crippen LogP contribution is 2.40.